The van der Waals surface area contributed by atoms with E-state index in [1.54, 1.807) is 11.8 Å². The molecular weight excluding hydrogens is 441 g/mol. The maximum absolute atomic E-state index is 14.7. The summed E-state index contributed by atoms with van der Waals surface area (Å²) in [6, 6.07) is 2.82. The number of aromatic amines is 1. The predicted molar refractivity (Wildman–Crippen MR) is 104 cm³/mol. The number of carbonyl (C=O) groups excluding carboxylic acids is 1. The van der Waals surface area contributed by atoms with Crippen LogP contribution >= 0.6 is 27.5 Å². The van der Waals surface area contributed by atoms with Crippen LogP contribution in [-0.4, -0.2) is 46.1 Å². The standard InChI is InChI=1S/C18H18BrClFN3O3/c1-9-15(19)16(20)17(23-9)13(25)6-10-3-5-24(8-12(10)21)14-7-11(18(26)27)2-4-22-14/h2,4,7,10,12,23H,3,5-6,8H2,1H3,(H,26,27)/t10-,12-/m0/s1. The first kappa shape index (κ1) is 19.8. The molecule has 2 aromatic rings. The minimum atomic E-state index is -1.23. The van der Waals surface area contributed by atoms with E-state index in [-0.39, 0.29) is 24.3 Å². The smallest absolute Gasteiger partial charge is 0.335 e. The van der Waals surface area contributed by atoms with Crippen molar-refractivity contribution >= 4 is 45.1 Å². The van der Waals surface area contributed by atoms with Gasteiger partial charge in [0, 0.05) is 30.8 Å². The highest BCUT2D eigenvalue weighted by molar-refractivity contribution is 9.10. The highest BCUT2D eigenvalue weighted by Crippen LogP contribution is 2.33. The first-order chi connectivity index (χ1) is 12.8. The summed E-state index contributed by atoms with van der Waals surface area (Å²) < 4.78 is 15.4. The third-order valence-corrected chi connectivity index (χ3v) is 6.37. The molecule has 1 fully saturated rings. The molecule has 27 heavy (non-hydrogen) atoms. The van der Waals surface area contributed by atoms with Crippen LogP contribution in [0.3, 0.4) is 0 Å². The van der Waals surface area contributed by atoms with Crippen LogP contribution in [0, 0.1) is 12.8 Å². The molecular formula is C18H18BrClFN3O3. The van der Waals surface area contributed by atoms with Crippen LogP contribution in [0.4, 0.5) is 10.2 Å². The average molecular weight is 459 g/mol. The lowest BCUT2D eigenvalue weighted by atomic mass is 9.89. The van der Waals surface area contributed by atoms with Crippen molar-refractivity contribution in [3.8, 4) is 0 Å². The van der Waals surface area contributed by atoms with Crippen molar-refractivity contribution in [3.63, 3.8) is 0 Å². The highest BCUT2D eigenvalue weighted by Gasteiger charge is 2.32. The molecule has 0 unspecified atom stereocenters. The average Bonchev–Trinajstić information content (AvgIpc) is 2.91. The molecule has 6 nitrogen and oxygen atoms in total. The van der Waals surface area contributed by atoms with Crippen molar-refractivity contribution in [2.24, 2.45) is 5.92 Å². The summed E-state index contributed by atoms with van der Waals surface area (Å²) in [5.41, 5.74) is 1.15. The molecule has 1 saturated heterocycles. The summed E-state index contributed by atoms with van der Waals surface area (Å²) >= 11 is 9.46. The van der Waals surface area contributed by atoms with E-state index >= 15 is 0 Å². The van der Waals surface area contributed by atoms with Gasteiger partial charge in [0.1, 0.15) is 17.7 Å². The lowest BCUT2D eigenvalue weighted by Gasteiger charge is -2.35. The fraction of sp³-hybridized carbons (Fsp3) is 0.389. The lowest BCUT2D eigenvalue weighted by Crippen LogP contribution is -2.43. The Kier molecular flexibility index (Phi) is 5.86. The Morgan fingerprint density at radius 2 is 2.26 bits per heavy atom. The van der Waals surface area contributed by atoms with Gasteiger partial charge in [-0.15, -0.1) is 0 Å². The van der Waals surface area contributed by atoms with Gasteiger partial charge in [0.05, 0.1) is 21.6 Å². The zero-order valence-corrected chi connectivity index (χ0v) is 16.8. The van der Waals surface area contributed by atoms with E-state index < -0.39 is 18.1 Å². The van der Waals surface area contributed by atoms with Crippen LogP contribution < -0.4 is 4.90 Å². The van der Waals surface area contributed by atoms with Crippen LogP contribution in [0.1, 0.15) is 39.4 Å². The van der Waals surface area contributed by atoms with Gasteiger partial charge in [-0.2, -0.15) is 0 Å². The molecule has 0 aromatic carbocycles. The van der Waals surface area contributed by atoms with Crippen molar-refractivity contribution < 1.29 is 19.1 Å². The van der Waals surface area contributed by atoms with Crippen LogP contribution in [0.25, 0.3) is 0 Å². The third-order valence-electron chi connectivity index (χ3n) is 4.77. The number of aryl methyl sites for hydroxylation is 1. The molecule has 2 atom stereocenters. The number of carboxylic acids is 1. The third kappa shape index (κ3) is 4.16. The number of H-pyrrole nitrogens is 1. The second-order valence-corrected chi connectivity index (χ2v) is 7.77. The van der Waals surface area contributed by atoms with E-state index in [4.69, 9.17) is 16.7 Å². The van der Waals surface area contributed by atoms with Gasteiger partial charge in [0.25, 0.3) is 0 Å². The molecule has 0 bridgehead atoms. The Hall–Kier alpha value is -1.93. The Labute approximate surface area is 168 Å². The topological polar surface area (TPSA) is 86.3 Å². The quantitative estimate of drug-likeness (QED) is 0.654. The molecule has 0 radical (unpaired) electrons. The Morgan fingerprint density at radius 1 is 1.52 bits per heavy atom. The monoisotopic (exact) mass is 457 g/mol. The number of nitrogens with one attached hydrogen (secondary N) is 1. The van der Waals surface area contributed by atoms with E-state index in [0.717, 1.165) is 5.69 Å². The van der Waals surface area contributed by atoms with Crippen molar-refractivity contribution in [2.75, 3.05) is 18.0 Å². The number of Topliss-reactive ketones (excluding diaryl/α,β-unsaturated/α-hetero) is 1. The van der Waals surface area contributed by atoms with Crippen molar-refractivity contribution in [1.29, 1.82) is 0 Å². The summed E-state index contributed by atoms with van der Waals surface area (Å²) in [5.74, 6) is -1.27. The summed E-state index contributed by atoms with van der Waals surface area (Å²) in [7, 11) is 0. The van der Waals surface area contributed by atoms with Crippen LogP contribution in [-0.2, 0) is 0 Å². The molecule has 144 valence electrons. The van der Waals surface area contributed by atoms with E-state index in [1.807, 2.05) is 0 Å². The number of piperidine rings is 1. The number of rotatable bonds is 5. The number of hydrogen-bond donors (Lipinski definition) is 2. The van der Waals surface area contributed by atoms with Crippen molar-refractivity contribution in [2.45, 2.75) is 25.9 Å². The molecule has 9 heteroatoms. The van der Waals surface area contributed by atoms with Gasteiger partial charge in [-0.05, 0) is 41.4 Å². The SMILES string of the molecule is Cc1[nH]c(C(=O)C[C@@H]2CCN(c3cc(C(=O)O)ccn3)C[C@@H]2F)c(Cl)c1Br. The van der Waals surface area contributed by atoms with E-state index in [1.165, 1.54) is 18.3 Å². The number of nitrogens with zero attached hydrogens (tertiary/aromatic N) is 2. The van der Waals surface area contributed by atoms with Crippen LogP contribution in [0.15, 0.2) is 22.8 Å². The Balaban J connectivity index is 1.66. The molecule has 1 aliphatic heterocycles. The molecule has 2 aromatic heterocycles. The molecule has 3 rings (SSSR count). The molecule has 0 saturated carbocycles. The van der Waals surface area contributed by atoms with E-state index in [2.05, 4.69) is 25.9 Å². The number of ketones is 1. The van der Waals surface area contributed by atoms with Crippen molar-refractivity contribution in [1.82, 2.24) is 9.97 Å². The molecule has 0 spiro atoms. The predicted octanol–water partition coefficient (Wildman–Crippen LogP) is 4.27. The first-order valence-corrected chi connectivity index (χ1v) is 9.60. The molecule has 3 heterocycles. The summed E-state index contributed by atoms with van der Waals surface area (Å²) in [6.07, 6.45) is 0.694. The Bertz CT molecular complexity index is 889. The second kappa shape index (κ2) is 7.98. The van der Waals surface area contributed by atoms with Gasteiger partial charge in [-0.25, -0.2) is 14.2 Å². The number of aromatic nitrogens is 2. The van der Waals surface area contributed by atoms with Crippen molar-refractivity contribution in [3.05, 3.63) is 44.8 Å². The number of aromatic carboxylic acids is 1. The summed E-state index contributed by atoms with van der Waals surface area (Å²) in [5, 5.41) is 9.40. The lowest BCUT2D eigenvalue weighted by molar-refractivity contribution is 0.0696. The maximum atomic E-state index is 14.7. The maximum Gasteiger partial charge on any atom is 0.335 e. The number of anilines is 1. The molecule has 1 aliphatic rings. The number of hydrogen-bond acceptors (Lipinski definition) is 4. The van der Waals surface area contributed by atoms with Gasteiger partial charge < -0.3 is 15.0 Å². The number of carboxylic acid groups (broad SMARTS) is 1. The minimum absolute atomic E-state index is 0.0592. The fourth-order valence-corrected chi connectivity index (χ4v) is 3.81. The summed E-state index contributed by atoms with van der Waals surface area (Å²) in [6.45, 7) is 2.35. The highest BCUT2D eigenvalue weighted by atomic mass is 79.9. The minimum Gasteiger partial charge on any atom is -0.478 e. The largest absolute Gasteiger partial charge is 0.478 e. The van der Waals surface area contributed by atoms with Crippen LogP contribution in [0.2, 0.25) is 5.02 Å². The molecule has 0 amide bonds. The van der Waals surface area contributed by atoms with E-state index in [0.29, 0.717) is 34.0 Å². The van der Waals surface area contributed by atoms with Gasteiger partial charge in [-0.3, -0.25) is 4.79 Å². The fourth-order valence-electron chi connectivity index (χ4n) is 3.22. The second-order valence-electron chi connectivity index (χ2n) is 6.60. The van der Waals surface area contributed by atoms with Gasteiger partial charge in [0.2, 0.25) is 0 Å². The number of carbonyl (C=O) groups is 2. The zero-order valence-electron chi connectivity index (χ0n) is 14.5. The van der Waals surface area contributed by atoms with Gasteiger partial charge in [-0.1, -0.05) is 11.6 Å². The normalized spacial score (nSPS) is 19.9. The van der Waals surface area contributed by atoms with Crippen LogP contribution in [0.5, 0.6) is 0 Å². The Morgan fingerprint density at radius 3 is 2.85 bits per heavy atom. The number of halogens is 3. The van der Waals surface area contributed by atoms with Gasteiger partial charge >= 0.3 is 5.97 Å². The number of pyridine rings is 1. The zero-order chi connectivity index (χ0) is 19.7. The molecule has 0 aliphatic carbocycles. The van der Waals surface area contributed by atoms with Gasteiger partial charge in [0.15, 0.2) is 5.78 Å². The first-order valence-electron chi connectivity index (χ1n) is 8.43. The molecule has 2 N–H and O–H groups in total. The summed E-state index contributed by atoms with van der Waals surface area (Å²) in [4.78, 5) is 32.4. The van der Waals surface area contributed by atoms with E-state index in [9.17, 15) is 14.0 Å². The number of alkyl halides is 1.